The number of nitro groups is 1. The summed E-state index contributed by atoms with van der Waals surface area (Å²) in [6.45, 7) is 10.8. The summed E-state index contributed by atoms with van der Waals surface area (Å²) in [5.74, 6) is -1.01. The molecule has 266 valence electrons. The number of rotatable bonds is 7. The lowest BCUT2D eigenvalue weighted by Crippen LogP contribution is -2.34. The van der Waals surface area contributed by atoms with Crippen LogP contribution in [0, 0.1) is 21.7 Å². The zero-order chi connectivity index (χ0) is 37.4. The lowest BCUT2D eigenvalue weighted by molar-refractivity contribution is -0.385. The summed E-state index contributed by atoms with van der Waals surface area (Å²) in [7, 11) is 3.26. The van der Waals surface area contributed by atoms with Crippen LogP contribution in [-0.4, -0.2) is 42.4 Å². The molecule has 0 spiro atoms. The van der Waals surface area contributed by atoms with Crippen LogP contribution in [-0.2, 0) is 22.3 Å². The molecule has 0 saturated carbocycles. The topological polar surface area (TPSA) is 128 Å². The van der Waals surface area contributed by atoms with Gasteiger partial charge >= 0.3 is 12.2 Å². The fourth-order valence-electron chi connectivity index (χ4n) is 4.64. The number of nitrogen functional groups attached to an aromatic ring is 1. The molecule has 0 aliphatic carbocycles. The largest absolute Gasteiger partial charge is 0.443 e. The van der Waals surface area contributed by atoms with Gasteiger partial charge in [0.05, 0.1) is 11.0 Å². The SMILES string of the molecule is CN(C(=O)OC(C)(C)C)c1cccc(Cc2ccc(F)cc2N)c1.CN(C(=O)OC(C)(C)C)c1cccc(Cc2ccc(F)cc2[N+](=O)[O-])c1. The van der Waals surface area contributed by atoms with Crippen molar-refractivity contribution in [2.75, 3.05) is 29.6 Å². The van der Waals surface area contributed by atoms with Crippen LogP contribution in [0.3, 0.4) is 0 Å². The molecule has 12 heteroatoms. The van der Waals surface area contributed by atoms with E-state index in [2.05, 4.69) is 0 Å². The van der Waals surface area contributed by atoms with Crippen molar-refractivity contribution in [1.82, 2.24) is 0 Å². The normalized spacial score (nSPS) is 11.2. The molecule has 0 saturated heterocycles. The van der Waals surface area contributed by atoms with E-state index in [1.54, 1.807) is 65.2 Å². The molecule has 0 atom stereocenters. The summed E-state index contributed by atoms with van der Waals surface area (Å²) in [4.78, 5) is 37.7. The number of ether oxygens (including phenoxy) is 2. The van der Waals surface area contributed by atoms with Crippen LogP contribution in [0.25, 0.3) is 0 Å². The minimum Gasteiger partial charge on any atom is -0.443 e. The van der Waals surface area contributed by atoms with Crippen molar-refractivity contribution in [2.24, 2.45) is 0 Å². The third kappa shape index (κ3) is 11.9. The van der Waals surface area contributed by atoms with Crippen LogP contribution in [0.15, 0.2) is 84.9 Å². The van der Waals surface area contributed by atoms with Crippen LogP contribution < -0.4 is 15.5 Å². The molecule has 0 unspecified atom stereocenters. The van der Waals surface area contributed by atoms with E-state index in [-0.39, 0.29) is 17.9 Å². The highest BCUT2D eigenvalue weighted by atomic mass is 19.1. The Labute approximate surface area is 291 Å². The quantitative estimate of drug-likeness (QED) is 0.116. The van der Waals surface area contributed by atoms with Crippen molar-refractivity contribution in [3.05, 3.63) is 129 Å². The molecule has 2 amide bonds. The monoisotopic (exact) mass is 690 g/mol. The van der Waals surface area contributed by atoms with Gasteiger partial charge < -0.3 is 15.2 Å². The molecule has 0 aliphatic heterocycles. The second-order valence-corrected chi connectivity index (χ2v) is 13.6. The fraction of sp³-hybridized carbons (Fsp3) is 0.316. The first-order valence-corrected chi connectivity index (χ1v) is 15.8. The summed E-state index contributed by atoms with van der Waals surface area (Å²) < 4.78 is 37.1. The maximum atomic E-state index is 13.3. The number of anilines is 3. The standard InChI is InChI=1S/C19H21FN2O4.C19H23FN2O2/c1-19(2,3)26-18(23)21(4)16-7-5-6-13(11-16)10-14-8-9-15(20)12-17(14)22(24)25;1-19(2,3)24-18(23)22(4)16-7-5-6-13(11-16)10-14-8-9-15(20)12-17(14)21/h5-9,11-12H,10H2,1-4H3;5-9,11-12H,10,21H2,1-4H3. The zero-order valence-corrected chi connectivity index (χ0v) is 29.6. The van der Waals surface area contributed by atoms with Gasteiger partial charge in [0.25, 0.3) is 5.69 Å². The Bertz CT molecular complexity index is 1830. The van der Waals surface area contributed by atoms with E-state index >= 15 is 0 Å². The van der Waals surface area contributed by atoms with Gasteiger partial charge in [0, 0.05) is 43.1 Å². The number of halogens is 2. The average Bonchev–Trinajstić information content (AvgIpc) is 3.01. The highest BCUT2D eigenvalue weighted by molar-refractivity contribution is 5.88. The Morgan fingerprint density at radius 2 is 1.12 bits per heavy atom. The summed E-state index contributed by atoms with van der Waals surface area (Å²) in [6.07, 6.45) is -0.113. The number of nitrogens with zero attached hydrogens (tertiary/aromatic N) is 3. The predicted molar refractivity (Wildman–Crippen MR) is 192 cm³/mol. The van der Waals surface area contributed by atoms with Gasteiger partial charge in [-0.2, -0.15) is 0 Å². The van der Waals surface area contributed by atoms with E-state index < -0.39 is 34.1 Å². The highest BCUT2D eigenvalue weighted by Crippen LogP contribution is 2.26. The lowest BCUT2D eigenvalue weighted by atomic mass is 10.0. The fourth-order valence-corrected chi connectivity index (χ4v) is 4.64. The van der Waals surface area contributed by atoms with Crippen LogP contribution >= 0.6 is 0 Å². The van der Waals surface area contributed by atoms with Gasteiger partial charge in [-0.05, 0) is 113 Å². The van der Waals surface area contributed by atoms with Gasteiger partial charge in [-0.3, -0.25) is 19.9 Å². The van der Waals surface area contributed by atoms with E-state index in [1.165, 1.54) is 34.1 Å². The van der Waals surface area contributed by atoms with Gasteiger partial charge in [-0.15, -0.1) is 0 Å². The van der Waals surface area contributed by atoms with Crippen molar-refractivity contribution >= 4 is 34.9 Å². The van der Waals surface area contributed by atoms with E-state index in [0.29, 0.717) is 23.4 Å². The maximum Gasteiger partial charge on any atom is 0.414 e. The van der Waals surface area contributed by atoms with E-state index in [4.69, 9.17) is 15.2 Å². The number of hydrogen-bond acceptors (Lipinski definition) is 7. The summed E-state index contributed by atoms with van der Waals surface area (Å²) in [6, 6.07) is 22.4. The smallest absolute Gasteiger partial charge is 0.414 e. The summed E-state index contributed by atoms with van der Waals surface area (Å²) in [5, 5.41) is 11.1. The first-order valence-electron chi connectivity index (χ1n) is 15.8. The first kappa shape index (κ1) is 38.9. The maximum absolute atomic E-state index is 13.3. The molecule has 0 aromatic heterocycles. The van der Waals surface area contributed by atoms with E-state index in [0.717, 1.165) is 28.4 Å². The summed E-state index contributed by atoms with van der Waals surface area (Å²) in [5.41, 5.74) is 9.14. The molecule has 0 aliphatic rings. The second kappa shape index (κ2) is 16.3. The van der Waals surface area contributed by atoms with Gasteiger partial charge in [0.1, 0.15) is 22.8 Å². The number of carbonyl (C=O) groups is 2. The van der Waals surface area contributed by atoms with Gasteiger partial charge in [0.2, 0.25) is 0 Å². The molecule has 4 aromatic rings. The van der Waals surface area contributed by atoms with E-state index in [1.807, 2.05) is 45.0 Å². The molecule has 4 rings (SSSR count). The van der Waals surface area contributed by atoms with Crippen molar-refractivity contribution in [1.29, 1.82) is 0 Å². The Morgan fingerprint density at radius 3 is 1.54 bits per heavy atom. The summed E-state index contributed by atoms with van der Waals surface area (Å²) >= 11 is 0. The number of amides is 2. The third-order valence-corrected chi connectivity index (χ3v) is 7.07. The molecule has 0 fully saturated rings. The average molecular weight is 691 g/mol. The van der Waals surface area contributed by atoms with Crippen LogP contribution in [0.2, 0.25) is 0 Å². The number of hydrogen-bond donors (Lipinski definition) is 1. The Morgan fingerprint density at radius 1 is 0.700 bits per heavy atom. The lowest BCUT2D eigenvalue weighted by Gasteiger charge is -2.25. The number of nitrogens with two attached hydrogens (primary N) is 1. The molecular formula is C38H44F2N4O6. The van der Waals surface area contributed by atoms with Crippen LogP contribution in [0.5, 0.6) is 0 Å². The molecule has 0 bridgehead atoms. The molecule has 0 radical (unpaired) electrons. The molecule has 50 heavy (non-hydrogen) atoms. The molecule has 4 aromatic carbocycles. The van der Waals surface area contributed by atoms with Crippen LogP contribution in [0.1, 0.15) is 63.8 Å². The molecular weight excluding hydrogens is 646 g/mol. The van der Waals surface area contributed by atoms with Gasteiger partial charge in [0.15, 0.2) is 0 Å². The molecule has 2 N–H and O–H groups in total. The number of carbonyl (C=O) groups excluding carboxylic acids is 2. The minimum atomic E-state index is -0.654. The predicted octanol–water partition coefficient (Wildman–Crippen LogP) is 9.07. The first-order chi connectivity index (χ1) is 23.2. The number of benzene rings is 4. The van der Waals surface area contributed by atoms with Crippen LogP contribution in [0.4, 0.5) is 41.1 Å². The minimum absolute atomic E-state index is 0.243. The van der Waals surface area contributed by atoms with Crippen molar-refractivity contribution in [3.8, 4) is 0 Å². The van der Waals surface area contributed by atoms with Crippen molar-refractivity contribution in [2.45, 2.75) is 65.6 Å². The Hall–Kier alpha value is -5.52. The van der Waals surface area contributed by atoms with Crippen molar-refractivity contribution < 1.29 is 32.8 Å². The van der Waals surface area contributed by atoms with E-state index in [9.17, 15) is 28.5 Å². The highest BCUT2D eigenvalue weighted by Gasteiger charge is 2.22. The van der Waals surface area contributed by atoms with Gasteiger partial charge in [-0.25, -0.2) is 18.4 Å². The second-order valence-electron chi connectivity index (χ2n) is 13.6. The number of nitro benzene ring substituents is 1. The molecule has 0 heterocycles. The molecule has 10 nitrogen and oxygen atoms in total. The zero-order valence-electron chi connectivity index (χ0n) is 29.6. The third-order valence-electron chi connectivity index (χ3n) is 7.07. The van der Waals surface area contributed by atoms with Crippen molar-refractivity contribution in [3.63, 3.8) is 0 Å². The Kier molecular flexibility index (Phi) is 12.7. The Balaban J connectivity index is 0.000000271. The van der Waals surface area contributed by atoms with Gasteiger partial charge in [-0.1, -0.05) is 30.3 Å².